The van der Waals surface area contributed by atoms with Crippen molar-refractivity contribution >= 4 is 23.3 Å². The normalized spacial score (nSPS) is 17.0. The van der Waals surface area contributed by atoms with Crippen LogP contribution in [0.1, 0.15) is 18.5 Å². The van der Waals surface area contributed by atoms with Gasteiger partial charge in [-0.05, 0) is 25.0 Å². The van der Waals surface area contributed by atoms with Gasteiger partial charge in [0.25, 0.3) is 5.56 Å². The smallest absolute Gasteiger partial charge is 0.330 e. The lowest BCUT2D eigenvalue weighted by atomic mass is 9.97. The molecule has 27 heavy (non-hydrogen) atoms. The summed E-state index contributed by atoms with van der Waals surface area (Å²) < 4.78 is 2.38. The Balaban J connectivity index is 1.65. The molecule has 0 bridgehead atoms. The lowest BCUT2D eigenvalue weighted by molar-refractivity contribution is -0.125. The second-order valence-electron chi connectivity index (χ2n) is 6.59. The number of hydrogen-bond acceptors (Lipinski definition) is 6. The molecule has 3 heterocycles. The predicted octanol–water partition coefficient (Wildman–Crippen LogP) is 0.0602. The van der Waals surface area contributed by atoms with E-state index in [1.165, 1.54) is 17.7 Å². The summed E-state index contributed by atoms with van der Waals surface area (Å²) in [6.45, 7) is 1.44. The standard InChI is InChI=1S/C17H21ClN6O3/c1-22-12(8-15(25)23(2)17(22)27)9-19-16(26)11-4-3-7-24(10-11)14-6-5-13(18)20-21-14/h5-6,8,11H,3-4,7,9-10H2,1-2H3,(H,19,26)/t11-/m0/s1. The molecular weight excluding hydrogens is 372 g/mol. The van der Waals surface area contributed by atoms with Crippen molar-refractivity contribution in [2.75, 3.05) is 18.0 Å². The third-order valence-corrected chi connectivity index (χ3v) is 5.00. The summed E-state index contributed by atoms with van der Waals surface area (Å²) in [5.41, 5.74) is -0.350. The van der Waals surface area contributed by atoms with Crippen molar-refractivity contribution < 1.29 is 4.79 Å². The molecule has 1 fully saturated rings. The molecule has 9 nitrogen and oxygen atoms in total. The molecule has 0 aliphatic carbocycles. The number of nitrogens with zero attached hydrogens (tertiary/aromatic N) is 5. The molecule has 1 atom stereocenters. The van der Waals surface area contributed by atoms with Gasteiger partial charge in [0.1, 0.15) is 0 Å². The van der Waals surface area contributed by atoms with Crippen molar-refractivity contribution in [1.82, 2.24) is 24.6 Å². The molecule has 0 radical (unpaired) electrons. The first kappa shape index (κ1) is 19.1. The van der Waals surface area contributed by atoms with Crippen LogP contribution in [0.4, 0.5) is 5.82 Å². The summed E-state index contributed by atoms with van der Waals surface area (Å²) in [6.07, 6.45) is 1.62. The maximum absolute atomic E-state index is 12.6. The molecule has 2 aromatic heterocycles. The molecule has 3 rings (SSSR count). The van der Waals surface area contributed by atoms with Gasteiger partial charge in [0.2, 0.25) is 5.91 Å². The minimum Gasteiger partial charge on any atom is -0.354 e. The van der Waals surface area contributed by atoms with Crippen molar-refractivity contribution in [3.63, 3.8) is 0 Å². The first-order valence-electron chi connectivity index (χ1n) is 8.64. The lowest BCUT2D eigenvalue weighted by Crippen LogP contribution is -2.44. The molecule has 144 valence electrons. The highest BCUT2D eigenvalue weighted by molar-refractivity contribution is 6.29. The number of halogens is 1. The van der Waals surface area contributed by atoms with Crippen molar-refractivity contribution in [3.8, 4) is 0 Å². The minimum absolute atomic E-state index is 0.116. The highest BCUT2D eigenvalue weighted by Crippen LogP contribution is 2.22. The van der Waals surface area contributed by atoms with Gasteiger partial charge in [-0.15, -0.1) is 10.2 Å². The Kier molecular flexibility index (Phi) is 5.59. The number of carbonyl (C=O) groups is 1. The SMILES string of the molecule is Cn1c(CNC(=O)[C@H]2CCCN(c3ccc(Cl)nn3)C2)cc(=O)n(C)c1=O. The van der Waals surface area contributed by atoms with Gasteiger partial charge in [-0.2, -0.15) is 0 Å². The topological polar surface area (TPSA) is 102 Å². The number of piperidine rings is 1. The molecule has 1 aliphatic rings. The highest BCUT2D eigenvalue weighted by Gasteiger charge is 2.26. The lowest BCUT2D eigenvalue weighted by Gasteiger charge is -2.32. The van der Waals surface area contributed by atoms with E-state index in [9.17, 15) is 14.4 Å². The van der Waals surface area contributed by atoms with Crippen molar-refractivity contribution in [2.45, 2.75) is 19.4 Å². The molecule has 10 heteroatoms. The van der Waals surface area contributed by atoms with E-state index in [2.05, 4.69) is 15.5 Å². The van der Waals surface area contributed by atoms with Crippen LogP contribution in [0.15, 0.2) is 27.8 Å². The van der Waals surface area contributed by atoms with E-state index in [1.54, 1.807) is 19.2 Å². The Bertz CT molecular complexity index is 953. The summed E-state index contributed by atoms with van der Waals surface area (Å²) in [5.74, 6) is 0.361. The fourth-order valence-electron chi connectivity index (χ4n) is 3.15. The highest BCUT2D eigenvalue weighted by atomic mass is 35.5. The molecule has 0 aromatic carbocycles. The maximum Gasteiger partial charge on any atom is 0.330 e. The number of rotatable bonds is 4. The molecule has 0 spiro atoms. The van der Waals surface area contributed by atoms with E-state index < -0.39 is 11.2 Å². The van der Waals surface area contributed by atoms with Gasteiger partial charge in [0, 0.05) is 38.9 Å². The fraction of sp³-hybridized carbons (Fsp3) is 0.471. The number of aromatic nitrogens is 4. The van der Waals surface area contributed by atoms with Gasteiger partial charge in [-0.3, -0.25) is 18.7 Å². The molecule has 1 N–H and O–H groups in total. The van der Waals surface area contributed by atoms with E-state index in [0.29, 0.717) is 23.2 Å². The first-order valence-corrected chi connectivity index (χ1v) is 9.02. The van der Waals surface area contributed by atoms with Gasteiger partial charge < -0.3 is 10.2 Å². The molecular formula is C17H21ClN6O3. The number of nitrogens with one attached hydrogen (secondary N) is 1. The zero-order valence-corrected chi connectivity index (χ0v) is 15.9. The van der Waals surface area contributed by atoms with Crippen LogP contribution in [0.5, 0.6) is 0 Å². The quantitative estimate of drug-likeness (QED) is 0.789. The number of anilines is 1. The van der Waals surface area contributed by atoms with Crippen molar-refractivity contribution in [2.24, 2.45) is 20.0 Å². The Hall–Kier alpha value is -2.68. The van der Waals surface area contributed by atoms with E-state index >= 15 is 0 Å². The Morgan fingerprint density at radius 2 is 2.04 bits per heavy atom. The summed E-state index contributed by atoms with van der Waals surface area (Å²) in [6, 6.07) is 4.81. The van der Waals surface area contributed by atoms with Gasteiger partial charge in [-0.1, -0.05) is 11.6 Å². The van der Waals surface area contributed by atoms with Crippen LogP contribution in [0, 0.1) is 5.92 Å². The fourth-order valence-corrected chi connectivity index (χ4v) is 3.25. The summed E-state index contributed by atoms with van der Waals surface area (Å²) in [7, 11) is 2.99. The van der Waals surface area contributed by atoms with Crippen molar-refractivity contribution in [1.29, 1.82) is 0 Å². The van der Waals surface area contributed by atoms with Gasteiger partial charge in [0.15, 0.2) is 11.0 Å². The molecule has 2 aromatic rings. The van der Waals surface area contributed by atoms with Gasteiger partial charge in [0.05, 0.1) is 12.5 Å². The maximum atomic E-state index is 12.6. The largest absolute Gasteiger partial charge is 0.354 e. The minimum atomic E-state index is -0.420. The summed E-state index contributed by atoms with van der Waals surface area (Å²) in [5, 5.41) is 11.1. The molecule has 0 saturated carbocycles. The van der Waals surface area contributed by atoms with Crippen LogP contribution in [0.3, 0.4) is 0 Å². The molecule has 1 amide bonds. The molecule has 0 unspecified atom stereocenters. The average Bonchev–Trinajstić information content (AvgIpc) is 2.68. The zero-order chi connectivity index (χ0) is 19.6. The summed E-state index contributed by atoms with van der Waals surface area (Å²) >= 11 is 5.77. The monoisotopic (exact) mass is 392 g/mol. The predicted molar refractivity (Wildman–Crippen MR) is 101 cm³/mol. The Morgan fingerprint density at radius 3 is 2.74 bits per heavy atom. The first-order chi connectivity index (χ1) is 12.9. The summed E-state index contributed by atoms with van der Waals surface area (Å²) in [4.78, 5) is 38.3. The second kappa shape index (κ2) is 7.91. The average molecular weight is 393 g/mol. The van der Waals surface area contributed by atoms with Gasteiger partial charge in [-0.25, -0.2) is 4.79 Å². The van der Waals surface area contributed by atoms with E-state index in [0.717, 1.165) is 24.0 Å². The number of amides is 1. The van der Waals surface area contributed by atoms with Crippen LogP contribution in [0.2, 0.25) is 5.15 Å². The third kappa shape index (κ3) is 4.19. The Morgan fingerprint density at radius 1 is 1.26 bits per heavy atom. The van der Waals surface area contributed by atoms with E-state index in [4.69, 9.17) is 11.6 Å². The van der Waals surface area contributed by atoms with E-state index in [1.807, 2.05) is 4.90 Å². The molecule has 1 aliphatic heterocycles. The Labute approximate surface area is 160 Å². The van der Waals surface area contributed by atoms with E-state index in [-0.39, 0.29) is 18.4 Å². The van der Waals surface area contributed by atoms with Crippen LogP contribution < -0.4 is 21.5 Å². The van der Waals surface area contributed by atoms with Gasteiger partial charge >= 0.3 is 5.69 Å². The van der Waals surface area contributed by atoms with Crippen LogP contribution in [-0.4, -0.2) is 38.3 Å². The zero-order valence-electron chi connectivity index (χ0n) is 15.2. The number of carbonyl (C=O) groups excluding carboxylic acids is 1. The second-order valence-corrected chi connectivity index (χ2v) is 6.98. The molecule has 1 saturated heterocycles. The van der Waals surface area contributed by atoms with Crippen LogP contribution >= 0.6 is 11.6 Å². The number of hydrogen-bond donors (Lipinski definition) is 1. The third-order valence-electron chi connectivity index (χ3n) is 4.80. The van der Waals surface area contributed by atoms with Crippen LogP contribution in [0.25, 0.3) is 0 Å². The van der Waals surface area contributed by atoms with Crippen LogP contribution in [-0.2, 0) is 25.4 Å². The van der Waals surface area contributed by atoms with Crippen molar-refractivity contribution in [3.05, 3.63) is 49.9 Å².